The lowest BCUT2D eigenvalue weighted by molar-refractivity contribution is -0.155. The molecule has 2 heterocycles. The van der Waals surface area contributed by atoms with E-state index < -0.39 is 0 Å². The third-order valence-electron chi connectivity index (χ3n) is 2.71. The summed E-state index contributed by atoms with van der Waals surface area (Å²) in [4.78, 5) is 11.2. The predicted molar refractivity (Wildman–Crippen MR) is 56.5 cm³/mol. The van der Waals surface area contributed by atoms with Crippen molar-refractivity contribution < 1.29 is 9.53 Å². The van der Waals surface area contributed by atoms with E-state index in [4.69, 9.17) is 4.74 Å². The van der Waals surface area contributed by atoms with E-state index in [9.17, 15) is 4.79 Å². The number of halogens is 1. The van der Waals surface area contributed by atoms with Crippen LogP contribution in [0.3, 0.4) is 0 Å². The summed E-state index contributed by atoms with van der Waals surface area (Å²) >= 11 is 2.08. The average molecular weight is 296 g/mol. The number of nitrogens with one attached hydrogen (secondary N) is 1. The molecule has 2 aliphatic heterocycles. The molecule has 1 amide bonds. The van der Waals surface area contributed by atoms with Gasteiger partial charge in [-0.25, -0.2) is 0 Å². The highest BCUT2D eigenvalue weighted by molar-refractivity contribution is 14.1. The Balaban J connectivity index is 2.02. The van der Waals surface area contributed by atoms with E-state index >= 15 is 0 Å². The van der Waals surface area contributed by atoms with Crippen LogP contribution in [0.5, 0.6) is 0 Å². The molecule has 0 unspecified atom stereocenters. The summed E-state index contributed by atoms with van der Waals surface area (Å²) in [7, 11) is 0. The molecule has 2 fully saturated rings. The number of hydrogen-bond acceptors (Lipinski definition) is 3. The van der Waals surface area contributed by atoms with Crippen molar-refractivity contribution in [3.05, 3.63) is 0 Å². The molecule has 0 atom stereocenters. The maximum atomic E-state index is 11.2. The molecule has 2 rings (SSSR count). The van der Waals surface area contributed by atoms with Gasteiger partial charge in [0.05, 0.1) is 35.0 Å². The first-order valence-corrected chi connectivity index (χ1v) is 5.49. The molecule has 0 saturated carbocycles. The van der Waals surface area contributed by atoms with E-state index in [0.717, 1.165) is 32.5 Å². The van der Waals surface area contributed by atoms with Gasteiger partial charge in [0.1, 0.15) is 6.61 Å². The van der Waals surface area contributed by atoms with Crippen molar-refractivity contribution in [3.8, 4) is 0 Å². The number of piperidine rings is 1. The second-order valence-electron chi connectivity index (χ2n) is 3.64. The zero-order valence-electron chi connectivity index (χ0n) is 7.38. The first-order valence-electron chi connectivity index (χ1n) is 4.53. The second-order valence-corrected chi connectivity index (χ2v) is 4.80. The van der Waals surface area contributed by atoms with Gasteiger partial charge >= 0.3 is 0 Å². The zero-order chi connectivity index (χ0) is 9.31. The summed E-state index contributed by atoms with van der Waals surface area (Å²) in [6.45, 7) is 2.99. The normalized spacial score (nSPS) is 28.1. The molecular formula is C8H13IN2O2. The van der Waals surface area contributed by atoms with Gasteiger partial charge in [-0.05, 0) is 25.9 Å². The molecular weight excluding hydrogens is 283 g/mol. The van der Waals surface area contributed by atoms with Crippen LogP contribution in [0.1, 0.15) is 12.8 Å². The highest BCUT2D eigenvalue weighted by atomic mass is 127. The fourth-order valence-electron chi connectivity index (χ4n) is 1.86. The largest absolute Gasteiger partial charge is 0.363 e. The molecule has 0 aromatic heterocycles. The molecule has 2 aliphatic rings. The van der Waals surface area contributed by atoms with Gasteiger partial charge in [0.15, 0.2) is 0 Å². The minimum Gasteiger partial charge on any atom is -0.363 e. The number of nitrogens with zero attached hydrogens (tertiary/aromatic N) is 1. The molecule has 1 N–H and O–H groups in total. The molecule has 4 nitrogen and oxygen atoms in total. The Kier molecular flexibility index (Phi) is 2.75. The zero-order valence-corrected chi connectivity index (χ0v) is 9.54. The average Bonchev–Trinajstić information content (AvgIpc) is 2.14. The van der Waals surface area contributed by atoms with Crippen LogP contribution in [0.4, 0.5) is 0 Å². The van der Waals surface area contributed by atoms with Gasteiger partial charge in [0, 0.05) is 0 Å². The number of ether oxygens (including phenoxy) is 1. The highest BCUT2D eigenvalue weighted by Gasteiger charge is 2.39. The summed E-state index contributed by atoms with van der Waals surface area (Å²) < 4.78 is 7.41. The van der Waals surface area contributed by atoms with Crippen molar-refractivity contribution in [2.24, 2.45) is 0 Å². The highest BCUT2D eigenvalue weighted by Crippen LogP contribution is 2.29. The van der Waals surface area contributed by atoms with E-state index in [1.165, 1.54) is 0 Å². The molecule has 0 radical (unpaired) electrons. The summed E-state index contributed by atoms with van der Waals surface area (Å²) in [5.41, 5.74) is -0.0552. The van der Waals surface area contributed by atoms with Gasteiger partial charge in [-0.2, -0.15) is 0 Å². The van der Waals surface area contributed by atoms with Crippen LogP contribution in [0.2, 0.25) is 0 Å². The van der Waals surface area contributed by atoms with Crippen LogP contribution >= 0.6 is 22.9 Å². The van der Waals surface area contributed by atoms with Crippen LogP contribution in [0, 0.1) is 0 Å². The maximum absolute atomic E-state index is 11.2. The van der Waals surface area contributed by atoms with Crippen LogP contribution < -0.4 is 5.32 Å². The van der Waals surface area contributed by atoms with Crippen LogP contribution in [-0.2, 0) is 9.53 Å². The quantitative estimate of drug-likeness (QED) is 0.517. The van der Waals surface area contributed by atoms with E-state index in [-0.39, 0.29) is 18.1 Å². The maximum Gasteiger partial charge on any atom is 0.257 e. The Hall–Kier alpha value is 0.120. The Bertz CT molecular complexity index is 216. The molecule has 74 valence electrons. The van der Waals surface area contributed by atoms with Gasteiger partial charge in [-0.15, -0.1) is 0 Å². The number of hydrogen-bond donors (Lipinski definition) is 1. The minimum atomic E-state index is -0.0552. The Labute approximate surface area is 91.5 Å². The Morgan fingerprint density at radius 3 is 2.77 bits per heavy atom. The topological polar surface area (TPSA) is 41.6 Å². The summed E-state index contributed by atoms with van der Waals surface area (Å²) in [5.74, 6) is 0.0877. The van der Waals surface area contributed by atoms with Crippen molar-refractivity contribution in [2.45, 2.75) is 18.4 Å². The van der Waals surface area contributed by atoms with E-state index in [1.54, 1.807) is 3.11 Å². The molecule has 0 aromatic rings. The van der Waals surface area contributed by atoms with Crippen molar-refractivity contribution in [3.63, 3.8) is 0 Å². The minimum absolute atomic E-state index is 0.0552. The Morgan fingerprint density at radius 1 is 1.46 bits per heavy atom. The number of carbonyl (C=O) groups is 1. The third kappa shape index (κ3) is 1.97. The first-order chi connectivity index (χ1) is 6.22. The van der Waals surface area contributed by atoms with Crippen molar-refractivity contribution in [1.82, 2.24) is 8.43 Å². The third-order valence-corrected chi connectivity index (χ3v) is 3.59. The van der Waals surface area contributed by atoms with Crippen LogP contribution in [-0.4, -0.2) is 40.9 Å². The van der Waals surface area contributed by atoms with E-state index in [1.807, 2.05) is 0 Å². The summed E-state index contributed by atoms with van der Waals surface area (Å²) in [5, 5.41) is 3.30. The smallest absolute Gasteiger partial charge is 0.257 e. The molecule has 0 bridgehead atoms. The Morgan fingerprint density at radius 2 is 2.15 bits per heavy atom. The standard InChI is InChI=1S/C8H13IN2O2/c9-11-6-8(13-5-7(11)12)1-3-10-4-2-8/h10H,1-6H2. The van der Waals surface area contributed by atoms with Crippen molar-refractivity contribution in [2.75, 3.05) is 26.2 Å². The molecule has 2 saturated heterocycles. The molecule has 1 spiro atoms. The van der Waals surface area contributed by atoms with Crippen molar-refractivity contribution in [1.29, 1.82) is 0 Å². The SMILES string of the molecule is O=C1COC2(CCNCC2)CN1I. The first kappa shape index (κ1) is 9.67. The summed E-state index contributed by atoms with van der Waals surface area (Å²) in [6, 6.07) is 0. The lowest BCUT2D eigenvalue weighted by atomic mass is 9.91. The van der Waals surface area contributed by atoms with Gasteiger partial charge in [-0.1, -0.05) is 0 Å². The number of carbonyl (C=O) groups excluding carboxylic acids is 1. The predicted octanol–water partition coefficient (Wildman–Crippen LogP) is 0.317. The lowest BCUT2D eigenvalue weighted by Gasteiger charge is -2.42. The lowest BCUT2D eigenvalue weighted by Crippen LogP contribution is -2.55. The van der Waals surface area contributed by atoms with Crippen molar-refractivity contribution >= 4 is 28.8 Å². The molecule has 0 aliphatic carbocycles. The number of morpholine rings is 1. The second kappa shape index (κ2) is 3.70. The molecule has 0 aromatic carbocycles. The summed E-state index contributed by atoms with van der Waals surface area (Å²) in [6.07, 6.45) is 2.03. The van der Waals surface area contributed by atoms with Gasteiger partial charge < -0.3 is 10.1 Å². The fourth-order valence-corrected chi connectivity index (χ4v) is 2.62. The van der Waals surface area contributed by atoms with Gasteiger partial charge in [-0.3, -0.25) is 7.91 Å². The molecule has 13 heavy (non-hydrogen) atoms. The number of amides is 1. The van der Waals surface area contributed by atoms with E-state index in [0.29, 0.717) is 0 Å². The van der Waals surface area contributed by atoms with Gasteiger partial charge in [0.25, 0.3) is 5.91 Å². The van der Waals surface area contributed by atoms with E-state index in [2.05, 4.69) is 28.2 Å². The fraction of sp³-hybridized carbons (Fsp3) is 0.875. The number of rotatable bonds is 0. The molecule has 5 heteroatoms. The van der Waals surface area contributed by atoms with Crippen LogP contribution in [0.25, 0.3) is 0 Å². The monoisotopic (exact) mass is 296 g/mol. The van der Waals surface area contributed by atoms with Crippen LogP contribution in [0.15, 0.2) is 0 Å². The van der Waals surface area contributed by atoms with Gasteiger partial charge in [0.2, 0.25) is 0 Å².